The summed E-state index contributed by atoms with van der Waals surface area (Å²) in [6.45, 7) is 6.20. The van der Waals surface area contributed by atoms with Crippen molar-refractivity contribution in [2.24, 2.45) is 7.05 Å². The molecule has 0 unspecified atom stereocenters. The number of aromatic nitrogens is 2. The van der Waals surface area contributed by atoms with E-state index in [1.807, 2.05) is 40.8 Å². The van der Waals surface area contributed by atoms with Crippen molar-refractivity contribution >= 4 is 68.9 Å². The van der Waals surface area contributed by atoms with Crippen LogP contribution in [0.1, 0.15) is 58.5 Å². The number of fused-ring (bicyclic) bond motifs is 1. The van der Waals surface area contributed by atoms with Crippen molar-refractivity contribution in [2.75, 3.05) is 25.0 Å². The highest BCUT2D eigenvalue weighted by atomic mass is 35.5. The van der Waals surface area contributed by atoms with Gasteiger partial charge in [-0.2, -0.15) is 0 Å². The number of carbonyl (C=O) groups is 3. The number of amides is 2. The maximum atomic E-state index is 14.0. The minimum atomic E-state index is -0.858. The van der Waals surface area contributed by atoms with Crippen LogP contribution in [0.3, 0.4) is 0 Å². The van der Waals surface area contributed by atoms with Crippen LogP contribution in [0.2, 0.25) is 10.0 Å². The summed E-state index contributed by atoms with van der Waals surface area (Å²) in [6, 6.07) is 10.7. The molecule has 2 aliphatic rings. The molecule has 2 N–H and O–H groups in total. The molecule has 4 atom stereocenters. The fourth-order valence-electron chi connectivity index (χ4n) is 6.72. The number of nitrogens with zero attached hydrogens (tertiary/aromatic N) is 4. The monoisotopic (exact) mass is 697 g/mol. The number of morpholine rings is 1. The standard InChI is InChI=1S/C34H37Cl2N5O5S/c1-19-15-40(16-20(2)46-19)22-12-30(34-37-14-23(47-34)8-9-32(43)44)41(17-22)31(42)11-21-10-27(36)28(13-26(21)35)38-33(45)25-18-39(3)29-7-5-4-6-24(25)29/h4-7,10,13-14,18-20,22,30H,8-9,11-12,15-17H2,1-3H3,(H,38,45)(H,43,44)/t19-,20+,22-,30-/m0/s1. The molecule has 2 aromatic carbocycles. The number of carboxylic acid groups (broad SMARTS) is 1. The number of anilines is 1. The summed E-state index contributed by atoms with van der Waals surface area (Å²) < 4.78 is 7.85. The first-order valence-electron chi connectivity index (χ1n) is 15.7. The lowest BCUT2D eigenvalue weighted by Gasteiger charge is -2.38. The van der Waals surface area contributed by atoms with Crippen molar-refractivity contribution in [3.05, 3.63) is 79.8 Å². The second-order valence-corrected chi connectivity index (χ2v) is 14.4. The quantitative estimate of drug-likeness (QED) is 0.214. The summed E-state index contributed by atoms with van der Waals surface area (Å²) in [5, 5.41) is 14.2. The third kappa shape index (κ3) is 7.34. The number of nitrogens with one attached hydrogen (secondary N) is 1. The van der Waals surface area contributed by atoms with Crippen LogP contribution >= 0.6 is 34.5 Å². The number of thiazole rings is 1. The van der Waals surface area contributed by atoms with E-state index >= 15 is 0 Å². The number of hydrogen-bond acceptors (Lipinski definition) is 7. The highest BCUT2D eigenvalue weighted by Gasteiger charge is 2.42. The van der Waals surface area contributed by atoms with E-state index in [-0.39, 0.29) is 54.0 Å². The molecule has 2 fully saturated rings. The van der Waals surface area contributed by atoms with Crippen LogP contribution in [0.4, 0.5) is 5.69 Å². The highest BCUT2D eigenvalue weighted by molar-refractivity contribution is 7.11. The first-order valence-corrected chi connectivity index (χ1v) is 17.2. The van der Waals surface area contributed by atoms with E-state index in [1.165, 1.54) is 11.3 Å². The summed E-state index contributed by atoms with van der Waals surface area (Å²) in [5.41, 5.74) is 2.37. The Morgan fingerprint density at radius 2 is 1.83 bits per heavy atom. The minimum Gasteiger partial charge on any atom is -0.481 e. The van der Waals surface area contributed by atoms with Gasteiger partial charge in [0.25, 0.3) is 5.91 Å². The third-order valence-electron chi connectivity index (χ3n) is 8.87. The number of hydrogen-bond donors (Lipinski definition) is 2. The molecular weight excluding hydrogens is 661 g/mol. The fourth-order valence-corrected chi connectivity index (χ4v) is 8.23. The minimum absolute atomic E-state index is 0.0203. The zero-order valence-electron chi connectivity index (χ0n) is 26.4. The Morgan fingerprint density at radius 1 is 1.09 bits per heavy atom. The van der Waals surface area contributed by atoms with Gasteiger partial charge in [-0.15, -0.1) is 11.3 Å². The van der Waals surface area contributed by atoms with Gasteiger partial charge in [-0.05, 0) is 50.5 Å². The van der Waals surface area contributed by atoms with E-state index < -0.39 is 5.97 Å². The van der Waals surface area contributed by atoms with Gasteiger partial charge in [0.1, 0.15) is 5.01 Å². The zero-order chi connectivity index (χ0) is 33.4. The van der Waals surface area contributed by atoms with Crippen molar-refractivity contribution in [3.8, 4) is 0 Å². The largest absolute Gasteiger partial charge is 0.481 e. The molecule has 0 bridgehead atoms. The molecule has 10 nitrogen and oxygen atoms in total. The Morgan fingerprint density at radius 3 is 2.57 bits per heavy atom. The molecular formula is C34H37Cl2N5O5S. The van der Waals surface area contributed by atoms with Gasteiger partial charge in [-0.1, -0.05) is 41.4 Å². The van der Waals surface area contributed by atoms with Crippen LogP contribution in [0.5, 0.6) is 0 Å². The molecule has 2 aliphatic heterocycles. The molecule has 0 aliphatic carbocycles. The molecule has 4 heterocycles. The predicted octanol–water partition coefficient (Wildman–Crippen LogP) is 6.21. The first kappa shape index (κ1) is 33.4. The summed E-state index contributed by atoms with van der Waals surface area (Å²) in [4.78, 5) is 48.2. The van der Waals surface area contributed by atoms with Crippen LogP contribution < -0.4 is 5.32 Å². The fraction of sp³-hybridized carbons (Fsp3) is 0.412. The van der Waals surface area contributed by atoms with Gasteiger partial charge in [-0.3, -0.25) is 19.3 Å². The molecule has 0 saturated carbocycles. The van der Waals surface area contributed by atoms with Gasteiger partial charge in [0.05, 0.1) is 47.4 Å². The third-order valence-corrected chi connectivity index (χ3v) is 10.7. The van der Waals surface area contributed by atoms with Crippen LogP contribution in [-0.2, 0) is 34.2 Å². The van der Waals surface area contributed by atoms with Gasteiger partial charge in [-0.25, -0.2) is 4.98 Å². The Kier molecular flexibility index (Phi) is 9.91. The molecule has 6 rings (SSSR count). The van der Waals surface area contributed by atoms with Crippen LogP contribution in [0, 0.1) is 0 Å². The lowest BCUT2D eigenvalue weighted by atomic mass is 10.1. The predicted molar refractivity (Wildman–Crippen MR) is 184 cm³/mol. The maximum absolute atomic E-state index is 14.0. The Hall–Kier alpha value is -3.48. The molecule has 0 spiro atoms. The average molecular weight is 699 g/mol. The smallest absolute Gasteiger partial charge is 0.303 e. The van der Waals surface area contributed by atoms with Gasteiger partial charge >= 0.3 is 5.97 Å². The number of likely N-dealkylation sites (tertiary alicyclic amines) is 1. The van der Waals surface area contributed by atoms with Gasteiger partial charge < -0.3 is 24.6 Å². The summed E-state index contributed by atoms with van der Waals surface area (Å²) >= 11 is 14.8. The lowest BCUT2D eigenvalue weighted by Crippen LogP contribution is -2.51. The SMILES string of the molecule is C[C@@H]1CN([C@H]2C[C@@H](c3ncc(CCC(=O)O)s3)N(C(=O)Cc3cc(Cl)c(NC(=O)c4cn(C)c5ccccc45)cc3Cl)C2)C[C@H](C)O1. The molecule has 13 heteroatoms. The van der Waals surface area contributed by atoms with Crippen LogP contribution in [-0.4, -0.2) is 80.1 Å². The van der Waals surface area contributed by atoms with E-state index in [0.717, 1.165) is 33.9 Å². The number of ether oxygens (including phenoxy) is 1. The van der Waals surface area contributed by atoms with Crippen molar-refractivity contribution in [3.63, 3.8) is 0 Å². The van der Waals surface area contributed by atoms with Crippen LogP contribution in [0.25, 0.3) is 10.9 Å². The zero-order valence-corrected chi connectivity index (χ0v) is 28.7. The first-order chi connectivity index (χ1) is 22.5. The van der Waals surface area contributed by atoms with Gasteiger partial charge in [0.15, 0.2) is 0 Å². The molecule has 2 amide bonds. The van der Waals surface area contributed by atoms with E-state index in [4.69, 9.17) is 33.0 Å². The number of halogens is 2. The molecule has 47 heavy (non-hydrogen) atoms. The number of aryl methyl sites for hydroxylation is 2. The number of aliphatic carboxylic acids is 1. The lowest BCUT2D eigenvalue weighted by molar-refractivity contribution is -0.137. The molecule has 2 aromatic heterocycles. The van der Waals surface area contributed by atoms with E-state index in [2.05, 4.69) is 29.0 Å². The van der Waals surface area contributed by atoms with Crippen molar-refractivity contribution in [1.29, 1.82) is 0 Å². The average Bonchev–Trinajstić information content (AvgIpc) is 3.76. The Labute approximate surface area is 287 Å². The Bertz CT molecular complexity index is 1820. The van der Waals surface area contributed by atoms with E-state index in [9.17, 15) is 14.4 Å². The van der Waals surface area contributed by atoms with Crippen molar-refractivity contribution in [2.45, 2.75) is 63.8 Å². The number of rotatable bonds is 9. The maximum Gasteiger partial charge on any atom is 0.303 e. The summed E-state index contributed by atoms with van der Waals surface area (Å²) in [5.74, 6) is -1.28. The van der Waals surface area contributed by atoms with Crippen LogP contribution in [0.15, 0.2) is 48.8 Å². The summed E-state index contributed by atoms with van der Waals surface area (Å²) in [6.07, 6.45) is 4.83. The van der Waals surface area contributed by atoms with Crippen molar-refractivity contribution in [1.82, 2.24) is 19.4 Å². The molecule has 248 valence electrons. The summed E-state index contributed by atoms with van der Waals surface area (Å²) in [7, 11) is 1.89. The topological polar surface area (TPSA) is 117 Å². The molecule has 0 radical (unpaired) electrons. The normalized spacial score (nSPS) is 21.8. The number of benzene rings is 2. The van der Waals surface area contributed by atoms with Crippen molar-refractivity contribution < 1.29 is 24.2 Å². The highest BCUT2D eigenvalue weighted by Crippen LogP contribution is 2.39. The Balaban J connectivity index is 1.20. The van der Waals surface area contributed by atoms with Gasteiger partial charge in [0.2, 0.25) is 5.91 Å². The second kappa shape index (κ2) is 13.9. The number of carbonyl (C=O) groups excluding carboxylic acids is 2. The van der Waals surface area contributed by atoms with E-state index in [1.54, 1.807) is 24.5 Å². The number of carboxylic acids is 1. The molecule has 4 aromatic rings. The molecule has 2 saturated heterocycles. The number of para-hydroxylation sites is 1. The van der Waals surface area contributed by atoms with Gasteiger partial charge in [0, 0.05) is 65.9 Å². The van der Waals surface area contributed by atoms with E-state index in [0.29, 0.717) is 41.2 Å². The second-order valence-electron chi connectivity index (χ2n) is 12.4.